The molecule has 4 aromatic rings. The molecule has 10 heteroatoms. The van der Waals surface area contributed by atoms with Crippen molar-refractivity contribution in [3.63, 3.8) is 0 Å². The van der Waals surface area contributed by atoms with Crippen LogP contribution >= 0.6 is 0 Å². The van der Waals surface area contributed by atoms with Crippen LogP contribution in [0.5, 0.6) is 11.5 Å². The van der Waals surface area contributed by atoms with E-state index in [-0.39, 0.29) is 22.7 Å². The molecule has 0 unspecified atom stereocenters. The van der Waals surface area contributed by atoms with Crippen molar-refractivity contribution in [3.05, 3.63) is 66.8 Å². The molecule has 33 heavy (non-hydrogen) atoms. The highest BCUT2D eigenvalue weighted by molar-refractivity contribution is 5.98. The number of carbonyl (C=O) groups excluding carboxylic acids is 1. The molecule has 4 rings (SSSR count). The average molecular weight is 450 g/mol. The Morgan fingerprint density at radius 3 is 2.55 bits per heavy atom. The van der Waals surface area contributed by atoms with Crippen LogP contribution in [-0.2, 0) is 12.5 Å². The average Bonchev–Trinajstić information content (AvgIpc) is 3.39. The maximum Gasteiger partial charge on any atom is 0.326 e. The Morgan fingerprint density at radius 2 is 1.88 bits per heavy atom. The molecule has 2 amide bonds. The van der Waals surface area contributed by atoms with E-state index in [1.165, 1.54) is 18.3 Å². The van der Waals surface area contributed by atoms with Crippen molar-refractivity contribution in [2.75, 3.05) is 10.6 Å². The molecule has 0 aliphatic heterocycles. The summed E-state index contributed by atoms with van der Waals surface area (Å²) in [5.41, 5.74) is 1.20. The van der Waals surface area contributed by atoms with Crippen LogP contribution < -0.4 is 15.4 Å². The fraction of sp³-hybridized carbons (Fsp3) is 0.217. The fourth-order valence-electron chi connectivity index (χ4n) is 2.93. The van der Waals surface area contributed by atoms with Crippen molar-refractivity contribution in [1.29, 1.82) is 0 Å². The van der Waals surface area contributed by atoms with Gasteiger partial charge in [0.2, 0.25) is 11.8 Å². The Bertz CT molecular complexity index is 1290. The van der Waals surface area contributed by atoms with E-state index >= 15 is 0 Å². The predicted molar refractivity (Wildman–Crippen MR) is 121 cm³/mol. The highest BCUT2D eigenvalue weighted by atomic mass is 19.1. The van der Waals surface area contributed by atoms with Crippen LogP contribution in [0.25, 0.3) is 11.3 Å². The lowest BCUT2D eigenvalue weighted by Gasteiger charge is -2.12. The number of urea groups is 1. The number of pyridine rings is 1. The Morgan fingerprint density at radius 1 is 1.09 bits per heavy atom. The van der Waals surface area contributed by atoms with Crippen LogP contribution in [-0.4, -0.2) is 25.8 Å². The van der Waals surface area contributed by atoms with Gasteiger partial charge in [-0.25, -0.2) is 14.2 Å². The Balaban J connectivity index is 1.41. The number of amides is 2. The zero-order chi connectivity index (χ0) is 23.6. The summed E-state index contributed by atoms with van der Waals surface area (Å²) < 4.78 is 27.5. The van der Waals surface area contributed by atoms with Gasteiger partial charge >= 0.3 is 6.03 Å². The van der Waals surface area contributed by atoms with Gasteiger partial charge in [-0.15, -0.1) is 0 Å². The number of hydrogen-bond acceptors (Lipinski definition) is 6. The third-order valence-electron chi connectivity index (χ3n) is 4.54. The summed E-state index contributed by atoms with van der Waals surface area (Å²) in [6, 6.07) is 6.89. The van der Waals surface area contributed by atoms with Crippen LogP contribution in [0.15, 0.2) is 59.5 Å². The number of aromatic nitrogens is 4. The van der Waals surface area contributed by atoms with E-state index in [1.54, 1.807) is 35.3 Å². The quantitative estimate of drug-likeness (QED) is 0.425. The SMILES string of the molecule is Cn1cc(-c2cc(Oc3ccc(NC(=O)Nc4cnc(C(C)(C)C)o4)c(F)c3)ccn2)cn1. The standard InChI is InChI=1S/C23H23FN6O3/c1-23(2,3)21-26-12-20(33-21)29-22(31)28-18-6-5-15(9-17(18)24)32-16-7-8-25-19(10-16)14-11-27-30(4)13-14/h5-13H,1-4H3,(H2,28,29,31). The second-order valence-electron chi connectivity index (χ2n) is 8.38. The minimum absolute atomic E-state index is 0.0128. The molecule has 0 bridgehead atoms. The molecule has 0 aliphatic carbocycles. The van der Waals surface area contributed by atoms with Gasteiger partial charge in [0.05, 0.1) is 23.8 Å². The third-order valence-corrected chi connectivity index (χ3v) is 4.54. The van der Waals surface area contributed by atoms with Gasteiger partial charge in [-0.05, 0) is 18.2 Å². The molecule has 0 spiro atoms. The molecular formula is C23H23FN6O3. The van der Waals surface area contributed by atoms with E-state index in [0.717, 1.165) is 5.56 Å². The van der Waals surface area contributed by atoms with E-state index in [2.05, 4.69) is 25.7 Å². The summed E-state index contributed by atoms with van der Waals surface area (Å²) in [7, 11) is 1.82. The highest BCUT2D eigenvalue weighted by Gasteiger charge is 2.21. The zero-order valence-electron chi connectivity index (χ0n) is 18.6. The number of anilines is 2. The summed E-state index contributed by atoms with van der Waals surface area (Å²) in [5, 5.41) is 9.07. The predicted octanol–water partition coefficient (Wildman–Crippen LogP) is 5.34. The van der Waals surface area contributed by atoms with Crippen molar-refractivity contribution in [2.45, 2.75) is 26.2 Å². The number of halogens is 1. The maximum absolute atomic E-state index is 14.6. The minimum atomic E-state index is -0.658. The molecular weight excluding hydrogens is 427 g/mol. The van der Waals surface area contributed by atoms with Gasteiger partial charge in [0.25, 0.3) is 0 Å². The lowest BCUT2D eigenvalue weighted by atomic mass is 9.97. The van der Waals surface area contributed by atoms with Crippen molar-refractivity contribution < 1.29 is 18.3 Å². The van der Waals surface area contributed by atoms with Crippen molar-refractivity contribution >= 4 is 17.6 Å². The maximum atomic E-state index is 14.6. The first-order valence-electron chi connectivity index (χ1n) is 10.1. The third kappa shape index (κ3) is 5.35. The molecule has 3 heterocycles. The number of oxazole rings is 1. The molecule has 2 N–H and O–H groups in total. The number of rotatable bonds is 5. The number of ether oxygens (including phenoxy) is 1. The number of carbonyl (C=O) groups is 1. The first-order valence-corrected chi connectivity index (χ1v) is 10.1. The minimum Gasteiger partial charge on any atom is -0.457 e. The van der Waals surface area contributed by atoms with Crippen LogP contribution in [0.1, 0.15) is 26.7 Å². The normalized spacial score (nSPS) is 11.3. The summed E-state index contributed by atoms with van der Waals surface area (Å²) in [6.45, 7) is 5.81. The topological polar surface area (TPSA) is 107 Å². The molecule has 0 saturated heterocycles. The number of benzene rings is 1. The summed E-state index contributed by atoms with van der Waals surface area (Å²) in [5.74, 6) is 0.749. The molecule has 0 saturated carbocycles. The van der Waals surface area contributed by atoms with Gasteiger partial charge in [0.1, 0.15) is 17.3 Å². The van der Waals surface area contributed by atoms with Crippen LogP contribution in [0.4, 0.5) is 20.8 Å². The smallest absolute Gasteiger partial charge is 0.326 e. The second kappa shape index (κ2) is 8.73. The van der Waals surface area contributed by atoms with E-state index in [9.17, 15) is 9.18 Å². The van der Waals surface area contributed by atoms with Gasteiger partial charge < -0.3 is 14.5 Å². The second-order valence-corrected chi connectivity index (χ2v) is 8.38. The highest BCUT2D eigenvalue weighted by Crippen LogP contribution is 2.28. The first-order chi connectivity index (χ1) is 15.7. The summed E-state index contributed by atoms with van der Waals surface area (Å²) in [6.07, 6.45) is 6.53. The van der Waals surface area contributed by atoms with Crippen molar-refractivity contribution in [2.24, 2.45) is 7.05 Å². The van der Waals surface area contributed by atoms with Crippen molar-refractivity contribution in [3.8, 4) is 22.8 Å². The Hall–Kier alpha value is -4.21. The molecule has 0 aliphatic rings. The molecule has 0 atom stereocenters. The Kier molecular flexibility index (Phi) is 5.82. The fourth-order valence-corrected chi connectivity index (χ4v) is 2.93. The van der Waals surface area contributed by atoms with Gasteiger partial charge in [-0.2, -0.15) is 5.10 Å². The van der Waals surface area contributed by atoms with Crippen LogP contribution in [0.3, 0.4) is 0 Å². The van der Waals surface area contributed by atoms with Gasteiger partial charge in [0, 0.05) is 42.6 Å². The van der Waals surface area contributed by atoms with Gasteiger partial charge in [0.15, 0.2) is 0 Å². The van der Waals surface area contributed by atoms with E-state index in [1.807, 2.05) is 34.0 Å². The largest absolute Gasteiger partial charge is 0.457 e. The number of nitrogens with one attached hydrogen (secondary N) is 2. The van der Waals surface area contributed by atoms with Gasteiger partial charge in [-0.1, -0.05) is 20.8 Å². The number of nitrogens with zero attached hydrogens (tertiary/aromatic N) is 4. The monoisotopic (exact) mass is 450 g/mol. The van der Waals surface area contributed by atoms with Crippen LogP contribution in [0, 0.1) is 5.82 Å². The van der Waals surface area contributed by atoms with Crippen LogP contribution in [0.2, 0.25) is 0 Å². The first kappa shape index (κ1) is 22.0. The molecule has 3 aromatic heterocycles. The van der Waals surface area contributed by atoms with Gasteiger partial charge in [-0.3, -0.25) is 15.0 Å². The lowest BCUT2D eigenvalue weighted by Crippen LogP contribution is -2.19. The number of aryl methyl sites for hydroxylation is 1. The van der Waals surface area contributed by atoms with E-state index < -0.39 is 11.8 Å². The molecule has 0 fully saturated rings. The molecule has 170 valence electrons. The summed E-state index contributed by atoms with van der Waals surface area (Å²) >= 11 is 0. The summed E-state index contributed by atoms with van der Waals surface area (Å²) in [4.78, 5) is 20.7. The lowest BCUT2D eigenvalue weighted by molar-refractivity contribution is 0.261. The number of hydrogen-bond donors (Lipinski definition) is 2. The Labute approximate surface area is 189 Å². The molecule has 9 nitrogen and oxygen atoms in total. The molecule has 1 aromatic carbocycles. The zero-order valence-corrected chi connectivity index (χ0v) is 18.6. The van der Waals surface area contributed by atoms with E-state index in [0.29, 0.717) is 17.3 Å². The van der Waals surface area contributed by atoms with Crippen molar-refractivity contribution in [1.82, 2.24) is 19.7 Å². The molecule has 0 radical (unpaired) electrons. The van der Waals surface area contributed by atoms with E-state index in [4.69, 9.17) is 9.15 Å².